The Labute approximate surface area is 163 Å². The van der Waals surface area contributed by atoms with Gasteiger partial charge in [0.05, 0.1) is 4.90 Å². The first kappa shape index (κ1) is 23.3. The summed E-state index contributed by atoms with van der Waals surface area (Å²) in [4.78, 5) is -2.86. The van der Waals surface area contributed by atoms with Crippen molar-refractivity contribution in [2.24, 2.45) is 0 Å². The zero-order valence-electron chi connectivity index (χ0n) is 11.2. The van der Waals surface area contributed by atoms with Crippen molar-refractivity contribution in [1.82, 2.24) is 0 Å². The number of sulfone groups is 1. The van der Waals surface area contributed by atoms with Crippen LogP contribution in [0.3, 0.4) is 0 Å². The SMILES string of the molecule is O=S(=O)(c1cc(Br)[c]c(Br)c1CC(Cl)Cl)C(F)(F)C(F)(F)C(F)(F)F. The molecule has 14 heteroatoms. The van der Waals surface area contributed by atoms with E-state index in [2.05, 4.69) is 37.9 Å². The Bertz CT molecular complexity index is 766. The molecule has 25 heavy (non-hydrogen) atoms. The molecule has 2 nitrogen and oxygen atoms in total. The van der Waals surface area contributed by atoms with Crippen molar-refractivity contribution in [2.45, 2.75) is 33.5 Å². The average Bonchev–Trinajstić information content (AvgIpc) is 2.39. The summed E-state index contributed by atoms with van der Waals surface area (Å²) >= 11 is 16.3. The maximum absolute atomic E-state index is 13.8. The van der Waals surface area contributed by atoms with E-state index in [4.69, 9.17) is 23.2 Å². The van der Waals surface area contributed by atoms with Crippen molar-refractivity contribution < 1.29 is 39.2 Å². The number of hydrogen-bond donors (Lipinski definition) is 0. The standard InChI is InChI=1S/C11H4Br2Cl2F7O2S/c12-4-1-6(13)5(3-8(14)15)7(2-4)25(23,24)11(21,22)9(16,17)10(18,19)20/h2,8H,3H2. The van der Waals surface area contributed by atoms with Gasteiger partial charge in [-0.05, 0) is 27.6 Å². The summed E-state index contributed by atoms with van der Waals surface area (Å²) in [6.45, 7) is 0. The maximum atomic E-state index is 13.8. The van der Waals surface area contributed by atoms with Gasteiger partial charge in [-0.1, -0.05) is 15.9 Å². The second-order valence-electron chi connectivity index (χ2n) is 4.46. The highest BCUT2D eigenvalue weighted by Crippen LogP contribution is 2.51. The van der Waals surface area contributed by atoms with Crippen molar-refractivity contribution in [3.63, 3.8) is 0 Å². The van der Waals surface area contributed by atoms with Crippen molar-refractivity contribution >= 4 is 64.9 Å². The average molecular weight is 564 g/mol. The molecule has 1 aromatic carbocycles. The molecule has 1 radical (unpaired) electrons. The summed E-state index contributed by atoms with van der Waals surface area (Å²) in [5.74, 6) is -6.84. The van der Waals surface area contributed by atoms with Gasteiger partial charge >= 0.3 is 17.4 Å². The largest absolute Gasteiger partial charge is 0.461 e. The summed E-state index contributed by atoms with van der Waals surface area (Å²) in [6, 6.07) is 2.78. The summed E-state index contributed by atoms with van der Waals surface area (Å²) in [5, 5.41) is -6.48. The molecule has 1 aromatic rings. The molecule has 0 saturated heterocycles. The molecular weight excluding hydrogens is 560 g/mol. The molecule has 0 saturated carbocycles. The number of alkyl halides is 9. The van der Waals surface area contributed by atoms with Crippen molar-refractivity contribution in [1.29, 1.82) is 0 Å². The third kappa shape index (κ3) is 4.22. The van der Waals surface area contributed by atoms with Crippen molar-refractivity contribution in [3.8, 4) is 0 Å². The van der Waals surface area contributed by atoms with E-state index in [9.17, 15) is 39.2 Å². The Morgan fingerprint density at radius 3 is 1.96 bits per heavy atom. The predicted octanol–water partition coefficient (Wildman–Crippen LogP) is 5.92. The van der Waals surface area contributed by atoms with Crippen LogP contribution in [0, 0.1) is 6.07 Å². The quantitative estimate of drug-likeness (QED) is 0.329. The molecule has 0 bridgehead atoms. The van der Waals surface area contributed by atoms with Gasteiger partial charge in [0.15, 0.2) is 0 Å². The highest BCUT2D eigenvalue weighted by atomic mass is 79.9. The van der Waals surface area contributed by atoms with Crippen molar-refractivity contribution in [2.75, 3.05) is 0 Å². The van der Waals surface area contributed by atoms with E-state index in [0.29, 0.717) is 6.07 Å². The zero-order valence-corrected chi connectivity index (χ0v) is 16.7. The zero-order chi connectivity index (χ0) is 20.0. The summed E-state index contributed by atoms with van der Waals surface area (Å²) in [5.41, 5.74) is -0.629. The second kappa shape index (κ2) is 7.33. The minimum atomic E-state index is -6.84. The van der Waals surface area contributed by atoms with Crippen LogP contribution in [0.4, 0.5) is 30.7 Å². The third-order valence-electron chi connectivity index (χ3n) is 2.76. The molecule has 1 rings (SSSR count). The van der Waals surface area contributed by atoms with Gasteiger partial charge in [0.1, 0.15) is 4.84 Å². The second-order valence-corrected chi connectivity index (χ2v) is 9.35. The molecule has 0 amide bonds. The van der Waals surface area contributed by atoms with E-state index >= 15 is 0 Å². The van der Waals surface area contributed by atoms with Gasteiger partial charge in [-0.15, -0.1) is 23.2 Å². The van der Waals surface area contributed by atoms with Gasteiger partial charge < -0.3 is 0 Å². The lowest BCUT2D eigenvalue weighted by Gasteiger charge is -2.28. The smallest absolute Gasteiger partial charge is 0.217 e. The van der Waals surface area contributed by atoms with E-state index in [1.165, 1.54) is 0 Å². The van der Waals surface area contributed by atoms with E-state index in [0.717, 1.165) is 0 Å². The molecule has 0 unspecified atom stereocenters. The van der Waals surface area contributed by atoms with E-state index in [-0.39, 0.29) is 8.95 Å². The number of halogens is 11. The topological polar surface area (TPSA) is 34.1 Å². The Balaban J connectivity index is 3.75. The minimum absolute atomic E-state index is 0.298. The Hall–Kier alpha value is 0.220. The summed E-state index contributed by atoms with van der Waals surface area (Å²) < 4.78 is 114. The van der Waals surface area contributed by atoms with Gasteiger partial charge in [-0.25, -0.2) is 8.42 Å². The first-order valence-corrected chi connectivity index (χ1v) is 9.66. The fraction of sp³-hybridized carbons (Fsp3) is 0.455. The monoisotopic (exact) mass is 561 g/mol. The Kier molecular flexibility index (Phi) is 6.82. The van der Waals surface area contributed by atoms with E-state index < -0.39 is 48.9 Å². The van der Waals surface area contributed by atoms with Crippen LogP contribution >= 0.6 is 55.1 Å². The van der Waals surface area contributed by atoms with Gasteiger partial charge in [0.2, 0.25) is 0 Å². The molecule has 0 N–H and O–H groups in total. The van der Waals surface area contributed by atoms with E-state index in [1.54, 1.807) is 0 Å². The van der Waals surface area contributed by atoms with Crippen LogP contribution in [0.5, 0.6) is 0 Å². The lowest BCUT2D eigenvalue weighted by Crippen LogP contribution is -2.56. The van der Waals surface area contributed by atoms with Crippen LogP contribution in [-0.4, -0.2) is 30.6 Å². The van der Waals surface area contributed by atoms with Gasteiger partial charge in [-0.3, -0.25) is 0 Å². The Morgan fingerprint density at radius 1 is 1.08 bits per heavy atom. The molecule has 0 atom stereocenters. The summed E-state index contributed by atoms with van der Waals surface area (Å²) in [7, 11) is -6.50. The maximum Gasteiger partial charge on any atom is 0.461 e. The molecule has 0 aromatic heterocycles. The number of rotatable bonds is 5. The third-order valence-corrected chi connectivity index (χ3v) is 6.04. The first-order chi connectivity index (χ1) is 11.0. The van der Waals surface area contributed by atoms with Gasteiger partial charge in [-0.2, -0.15) is 30.7 Å². The number of benzene rings is 1. The number of hydrogen-bond acceptors (Lipinski definition) is 2. The first-order valence-electron chi connectivity index (χ1n) is 5.72. The minimum Gasteiger partial charge on any atom is -0.217 e. The normalized spacial score (nSPS) is 14.2. The molecule has 0 heterocycles. The molecule has 0 fully saturated rings. The molecule has 143 valence electrons. The Morgan fingerprint density at radius 2 is 1.56 bits per heavy atom. The van der Waals surface area contributed by atoms with Crippen LogP contribution < -0.4 is 0 Å². The van der Waals surface area contributed by atoms with E-state index in [1.807, 2.05) is 0 Å². The van der Waals surface area contributed by atoms with Gasteiger partial charge in [0, 0.05) is 21.4 Å². The van der Waals surface area contributed by atoms with Crippen LogP contribution in [0.1, 0.15) is 5.56 Å². The molecule has 0 spiro atoms. The van der Waals surface area contributed by atoms with Crippen LogP contribution in [0.25, 0.3) is 0 Å². The van der Waals surface area contributed by atoms with Crippen LogP contribution in [0.2, 0.25) is 0 Å². The van der Waals surface area contributed by atoms with Crippen molar-refractivity contribution in [3.05, 3.63) is 26.6 Å². The van der Waals surface area contributed by atoms with Gasteiger partial charge in [0.25, 0.3) is 9.84 Å². The molecular formula is C11H4Br2Cl2F7O2S. The fourth-order valence-corrected chi connectivity index (χ4v) is 4.97. The highest BCUT2D eigenvalue weighted by Gasteiger charge is 2.78. The fourth-order valence-electron chi connectivity index (χ4n) is 1.58. The molecule has 0 aliphatic carbocycles. The molecule has 0 aliphatic rings. The van der Waals surface area contributed by atoms with Crippen LogP contribution in [0.15, 0.2) is 19.9 Å². The van der Waals surface area contributed by atoms with Crippen LogP contribution in [-0.2, 0) is 16.3 Å². The lowest BCUT2D eigenvalue weighted by molar-refractivity contribution is -0.332. The highest BCUT2D eigenvalue weighted by molar-refractivity contribution is 9.11. The summed E-state index contributed by atoms with van der Waals surface area (Å²) in [6.07, 6.45) is -7.45. The predicted molar refractivity (Wildman–Crippen MR) is 83.0 cm³/mol. The molecule has 0 aliphatic heterocycles. The lowest BCUT2D eigenvalue weighted by atomic mass is 10.2.